The lowest BCUT2D eigenvalue weighted by molar-refractivity contribution is -0.119. The van der Waals surface area contributed by atoms with E-state index in [1.54, 1.807) is 62.4 Å². The second-order valence-electron chi connectivity index (χ2n) is 6.57. The van der Waals surface area contributed by atoms with E-state index in [1.807, 2.05) is 6.07 Å². The first-order chi connectivity index (χ1) is 12.8. The maximum Gasteiger partial charge on any atom is 0.294 e. The number of anilines is 1. The van der Waals surface area contributed by atoms with Gasteiger partial charge < -0.3 is 5.11 Å². The molecule has 1 unspecified atom stereocenters. The van der Waals surface area contributed by atoms with Gasteiger partial charge in [-0.2, -0.15) is 5.26 Å². The van der Waals surface area contributed by atoms with E-state index in [0.29, 0.717) is 21.8 Å². The van der Waals surface area contributed by atoms with Gasteiger partial charge in [0.15, 0.2) is 11.5 Å². The number of nitriles is 1. The number of aliphatic hydroxyl groups is 1. The topological polar surface area (TPSA) is 81.4 Å². The molecule has 3 rings (SSSR count). The van der Waals surface area contributed by atoms with Crippen LogP contribution < -0.4 is 4.90 Å². The van der Waals surface area contributed by atoms with Gasteiger partial charge >= 0.3 is 0 Å². The van der Waals surface area contributed by atoms with Crippen LogP contribution in [0.4, 0.5) is 5.69 Å². The van der Waals surface area contributed by atoms with Crippen molar-refractivity contribution in [1.29, 1.82) is 5.26 Å². The van der Waals surface area contributed by atoms with E-state index in [0.717, 1.165) is 0 Å². The lowest BCUT2D eigenvalue weighted by Gasteiger charge is -2.27. The van der Waals surface area contributed by atoms with Crippen molar-refractivity contribution in [3.05, 3.63) is 76.0 Å². The third-order valence-corrected chi connectivity index (χ3v) is 4.67. The number of amides is 1. The Morgan fingerprint density at radius 1 is 1.22 bits per heavy atom. The molecule has 0 saturated heterocycles. The Kier molecular flexibility index (Phi) is 5.02. The van der Waals surface area contributed by atoms with Gasteiger partial charge in [-0.25, -0.2) is 0 Å². The van der Waals surface area contributed by atoms with Crippen molar-refractivity contribution >= 4 is 29.0 Å². The lowest BCUT2D eigenvalue weighted by atomic mass is 9.91. The Labute approximate surface area is 162 Å². The summed E-state index contributed by atoms with van der Waals surface area (Å²) < 4.78 is 0. The molecule has 0 spiro atoms. The zero-order valence-corrected chi connectivity index (χ0v) is 15.6. The number of carbonyl (C=O) groups excluding carboxylic acids is 2. The summed E-state index contributed by atoms with van der Waals surface area (Å²) in [6, 6.07) is 14.5. The smallest absolute Gasteiger partial charge is 0.294 e. The van der Waals surface area contributed by atoms with Crippen LogP contribution in [0, 0.1) is 17.2 Å². The van der Waals surface area contributed by atoms with Gasteiger partial charge in [0, 0.05) is 16.6 Å². The van der Waals surface area contributed by atoms with Crippen LogP contribution in [0.15, 0.2) is 59.9 Å². The largest absolute Gasteiger partial charge is 0.503 e. The number of rotatable bonds is 4. The van der Waals surface area contributed by atoms with Crippen LogP contribution >= 0.6 is 11.6 Å². The van der Waals surface area contributed by atoms with Crippen LogP contribution in [0.2, 0.25) is 5.02 Å². The first-order valence-electron chi connectivity index (χ1n) is 8.41. The molecule has 0 aliphatic carbocycles. The highest BCUT2D eigenvalue weighted by Gasteiger charge is 2.44. The quantitative estimate of drug-likeness (QED) is 0.855. The predicted octanol–water partition coefficient (Wildman–Crippen LogP) is 4.34. The van der Waals surface area contributed by atoms with Crippen molar-refractivity contribution in [3.63, 3.8) is 0 Å². The number of nitrogens with zero attached hydrogens (tertiary/aromatic N) is 2. The number of Topliss-reactive ketones (excluding diaryl/α,β-unsaturated/α-hetero) is 1. The van der Waals surface area contributed by atoms with Crippen LogP contribution in [0.1, 0.15) is 31.0 Å². The Morgan fingerprint density at radius 2 is 1.89 bits per heavy atom. The van der Waals surface area contributed by atoms with Gasteiger partial charge in [0.25, 0.3) is 5.91 Å². The summed E-state index contributed by atoms with van der Waals surface area (Å²) in [5.74, 6) is -1.91. The predicted molar refractivity (Wildman–Crippen MR) is 102 cm³/mol. The third kappa shape index (κ3) is 3.32. The highest BCUT2D eigenvalue weighted by Crippen LogP contribution is 2.42. The molecule has 0 aromatic heterocycles. The molecule has 27 heavy (non-hydrogen) atoms. The van der Waals surface area contributed by atoms with Crippen LogP contribution in [-0.4, -0.2) is 16.8 Å². The van der Waals surface area contributed by atoms with Crippen molar-refractivity contribution in [1.82, 2.24) is 0 Å². The second-order valence-corrected chi connectivity index (χ2v) is 7.01. The molecular formula is C21H17ClN2O3. The first kappa shape index (κ1) is 18.7. The van der Waals surface area contributed by atoms with Gasteiger partial charge in [-0.3, -0.25) is 14.5 Å². The van der Waals surface area contributed by atoms with E-state index in [9.17, 15) is 14.7 Å². The Morgan fingerprint density at radius 3 is 2.44 bits per heavy atom. The Bertz CT molecular complexity index is 987. The minimum absolute atomic E-state index is 0.0553. The van der Waals surface area contributed by atoms with Gasteiger partial charge in [-0.1, -0.05) is 43.6 Å². The van der Waals surface area contributed by atoms with Gasteiger partial charge in [-0.05, 0) is 35.9 Å². The van der Waals surface area contributed by atoms with E-state index in [4.69, 9.17) is 16.9 Å². The van der Waals surface area contributed by atoms with Crippen LogP contribution in [0.3, 0.4) is 0 Å². The summed E-state index contributed by atoms with van der Waals surface area (Å²) in [5.41, 5.74) is 1.61. The molecule has 0 radical (unpaired) electrons. The molecule has 136 valence electrons. The molecule has 0 bridgehead atoms. The van der Waals surface area contributed by atoms with E-state index >= 15 is 0 Å². The van der Waals surface area contributed by atoms with Gasteiger partial charge in [0.05, 0.1) is 23.2 Å². The molecule has 0 fully saturated rings. The highest BCUT2D eigenvalue weighted by atomic mass is 35.5. The van der Waals surface area contributed by atoms with Crippen molar-refractivity contribution in [2.75, 3.05) is 4.90 Å². The molecule has 1 amide bonds. The molecule has 1 aliphatic heterocycles. The molecule has 1 N–H and O–H groups in total. The van der Waals surface area contributed by atoms with Gasteiger partial charge in [0.2, 0.25) is 0 Å². The zero-order valence-electron chi connectivity index (χ0n) is 14.8. The number of aliphatic hydroxyl groups excluding tert-OH is 1. The third-order valence-electron chi connectivity index (χ3n) is 4.44. The van der Waals surface area contributed by atoms with Crippen molar-refractivity contribution < 1.29 is 14.7 Å². The number of halogens is 1. The summed E-state index contributed by atoms with van der Waals surface area (Å²) in [6.07, 6.45) is 0. The Balaban J connectivity index is 2.19. The standard InChI is InChI=1S/C21H17ClN2O3/c1-12(2)19(25)17-18(14-8-6-13(11-23)7-9-14)24(21(27)20(17)26)16-5-3-4-15(22)10-16/h3-10,12,18,26H,1-2H3. The normalized spacial score (nSPS) is 16.8. The molecule has 1 atom stereocenters. The summed E-state index contributed by atoms with van der Waals surface area (Å²) >= 11 is 6.07. The van der Waals surface area contributed by atoms with Crippen molar-refractivity contribution in [2.24, 2.45) is 5.92 Å². The number of benzene rings is 2. The molecule has 2 aromatic carbocycles. The first-order valence-corrected chi connectivity index (χ1v) is 8.79. The van der Waals surface area contributed by atoms with E-state index < -0.39 is 23.6 Å². The fourth-order valence-electron chi connectivity index (χ4n) is 3.12. The molecule has 1 heterocycles. The van der Waals surface area contributed by atoms with E-state index in [2.05, 4.69) is 0 Å². The molecule has 6 heteroatoms. The summed E-state index contributed by atoms with van der Waals surface area (Å²) in [5, 5.41) is 19.9. The maximum absolute atomic E-state index is 12.8. The minimum Gasteiger partial charge on any atom is -0.503 e. The summed E-state index contributed by atoms with van der Waals surface area (Å²) in [6.45, 7) is 3.43. The highest BCUT2D eigenvalue weighted by molar-refractivity contribution is 6.31. The van der Waals surface area contributed by atoms with Gasteiger partial charge in [0.1, 0.15) is 0 Å². The fourth-order valence-corrected chi connectivity index (χ4v) is 3.30. The SMILES string of the molecule is CC(C)C(=O)C1=C(O)C(=O)N(c2cccc(Cl)c2)C1c1ccc(C#N)cc1. The molecule has 5 nitrogen and oxygen atoms in total. The number of carbonyl (C=O) groups is 2. The van der Waals surface area contributed by atoms with Crippen LogP contribution in [-0.2, 0) is 9.59 Å². The average molecular weight is 381 g/mol. The number of hydrogen-bond donors (Lipinski definition) is 1. The lowest BCUT2D eigenvalue weighted by Crippen LogP contribution is -2.31. The summed E-state index contributed by atoms with van der Waals surface area (Å²) in [4.78, 5) is 27.0. The summed E-state index contributed by atoms with van der Waals surface area (Å²) in [7, 11) is 0. The number of ketones is 1. The van der Waals surface area contributed by atoms with E-state index in [-0.39, 0.29) is 11.4 Å². The molecular weight excluding hydrogens is 364 g/mol. The molecule has 2 aromatic rings. The van der Waals surface area contributed by atoms with Crippen LogP contribution in [0.5, 0.6) is 0 Å². The zero-order chi connectivity index (χ0) is 19.7. The van der Waals surface area contributed by atoms with Crippen molar-refractivity contribution in [2.45, 2.75) is 19.9 Å². The molecule has 1 aliphatic rings. The molecule has 0 saturated carbocycles. The van der Waals surface area contributed by atoms with E-state index in [1.165, 1.54) is 4.90 Å². The maximum atomic E-state index is 12.8. The monoisotopic (exact) mass is 380 g/mol. The number of hydrogen-bond acceptors (Lipinski definition) is 4. The second kappa shape index (κ2) is 7.26. The fraction of sp³-hybridized carbons (Fsp3) is 0.190. The van der Waals surface area contributed by atoms with Gasteiger partial charge in [-0.15, -0.1) is 0 Å². The van der Waals surface area contributed by atoms with Crippen LogP contribution in [0.25, 0.3) is 0 Å². The minimum atomic E-state index is -0.793. The average Bonchev–Trinajstić information content (AvgIpc) is 2.92. The van der Waals surface area contributed by atoms with Crippen molar-refractivity contribution in [3.8, 4) is 6.07 Å². The Hall–Kier alpha value is -3.10.